The van der Waals surface area contributed by atoms with E-state index in [4.69, 9.17) is 0 Å². The Morgan fingerprint density at radius 1 is 1.27 bits per heavy atom. The quantitative estimate of drug-likeness (QED) is 0.834. The van der Waals surface area contributed by atoms with Gasteiger partial charge in [0.25, 0.3) is 0 Å². The molecule has 2 rings (SSSR count). The fraction of sp³-hybridized carbons (Fsp3) is 0.750. The first-order chi connectivity index (χ1) is 7.08. The van der Waals surface area contributed by atoms with Crippen molar-refractivity contribution in [3.63, 3.8) is 0 Å². The van der Waals surface area contributed by atoms with E-state index in [0.29, 0.717) is 5.41 Å². The number of rotatable bonds is 2. The van der Waals surface area contributed by atoms with E-state index in [2.05, 4.69) is 36.6 Å². The molecule has 0 radical (unpaired) electrons. The Morgan fingerprint density at radius 2 is 1.93 bits per heavy atom. The summed E-state index contributed by atoms with van der Waals surface area (Å²) in [6.45, 7) is 4.74. The molecule has 0 aromatic carbocycles. The highest BCUT2D eigenvalue weighted by Crippen LogP contribution is 2.45. The van der Waals surface area contributed by atoms with E-state index in [0.717, 1.165) is 0 Å². The van der Waals surface area contributed by atoms with Crippen molar-refractivity contribution in [2.24, 2.45) is 5.41 Å². The van der Waals surface area contributed by atoms with Gasteiger partial charge in [-0.25, -0.2) is 4.98 Å². The molecule has 15 heavy (non-hydrogen) atoms. The molecular weight excluding hydrogens is 204 g/mol. The van der Waals surface area contributed by atoms with Crippen molar-refractivity contribution in [2.45, 2.75) is 45.1 Å². The maximum Gasteiger partial charge on any atom is 0.113 e. The van der Waals surface area contributed by atoms with Crippen LogP contribution >= 0.6 is 11.3 Å². The molecule has 1 aromatic rings. The molecular formula is C12H20N2S. The van der Waals surface area contributed by atoms with E-state index >= 15 is 0 Å². The zero-order chi connectivity index (χ0) is 10.9. The lowest BCUT2D eigenvalue weighted by atomic mass is 9.69. The average Bonchev–Trinajstić information content (AvgIpc) is 2.72. The van der Waals surface area contributed by atoms with Gasteiger partial charge in [0.1, 0.15) is 5.01 Å². The van der Waals surface area contributed by atoms with Gasteiger partial charge in [0.15, 0.2) is 0 Å². The second-order valence-electron chi connectivity index (χ2n) is 5.33. The van der Waals surface area contributed by atoms with Crippen LogP contribution < -0.4 is 5.32 Å². The summed E-state index contributed by atoms with van der Waals surface area (Å²) >= 11 is 1.78. The molecule has 0 amide bonds. The molecule has 0 aliphatic heterocycles. The van der Waals surface area contributed by atoms with Gasteiger partial charge in [-0.05, 0) is 38.1 Å². The molecule has 0 spiro atoms. The molecule has 0 bridgehead atoms. The van der Waals surface area contributed by atoms with Crippen LogP contribution in [0, 0.1) is 5.41 Å². The molecule has 1 aliphatic rings. The van der Waals surface area contributed by atoms with E-state index in [1.54, 1.807) is 11.3 Å². The molecule has 84 valence electrons. The average molecular weight is 224 g/mol. The summed E-state index contributed by atoms with van der Waals surface area (Å²) < 4.78 is 0. The van der Waals surface area contributed by atoms with Crippen molar-refractivity contribution < 1.29 is 0 Å². The van der Waals surface area contributed by atoms with Crippen LogP contribution in [0.25, 0.3) is 0 Å². The van der Waals surface area contributed by atoms with E-state index in [1.807, 2.05) is 6.20 Å². The minimum atomic E-state index is 0.156. The van der Waals surface area contributed by atoms with Crippen molar-refractivity contribution in [1.29, 1.82) is 0 Å². The van der Waals surface area contributed by atoms with Gasteiger partial charge in [-0.1, -0.05) is 13.8 Å². The Morgan fingerprint density at radius 3 is 2.40 bits per heavy atom. The van der Waals surface area contributed by atoms with Gasteiger partial charge in [0.2, 0.25) is 0 Å². The predicted molar refractivity (Wildman–Crippen MR) is 65.1 cm³/mol. The molecule has 0 saturated heterocycles. The van der Waals surface area contributed by atoms with Gasteiger partial charge in [-0.15, -0.1) is 11.3 Å². The molecule has 1 aliphatic carbocycles. The number of hydrogen-bond acceptors (Lipinski definition) is 3. The number of thiazole rings is 1. The Labute approximate surface area is 96.1 Å². The third-order valence-electron chi connectivity index (χ3n) is 3.78. The van der Waals surface area contributed by atoms with Crippen molar-refractivity contribution in [3.05, 3.63) is 16.6 Å². The lowest BCUT2D eigenvalue weighted by molar-refractivity contribution is 0.141. The largest absolute Gasteiger partial charge is 0.308 e. The summed E-state index contributed by atoms with van der Waals surface area (Å²) in [5, 5.41) is 6.85. The Bertz CT molecular complexity index is 306. The maximum absolute atomic E-state index is 4.49. The number of aromatic nitrogens is 1. The number of nitrogens with zero attached hydrogens (tertiary/aromatic N) is 1. The minimum absolute atomic E-state index is 0.156. The van der Waals surface area contributed by atoms with Crippen LogP contribution in [0.1, 0.15) is 44.5 Å². The highest BCUT2D eigenvalue weighted by atomic mass is 32.1. The first-order valence-electron chi connectivity index (χ1n) is 5.67. The highest BCUT2D eigenvalue weighted by molar-refractivity contribution is 7.09. The minimum Gasteiger partial charge on any atom is -0.308 e. The van der Waals surface area contributed by atoms with Crippen LogP contribution in [0.4, 0.5) is 0 Å². The smallest absolute Gasteiger partial charge is 0.113 e. The molecule has 0 unspecified atom stereocenters. The van der Waals surface area contributed by atoms with E-state index in [9.17, 15) is 0 Å². The molecule has 1 aromatic heterocycles. The van der Waals surface area contributed by atoms with Crippen molar-refractivity contribution in [3.8, 4) is 0 Å². The first-order valence-corrected chi connectivity index (χ1v) is 6.55. The summed E-state index contributed by atoms with van der Waals surface area (Å²) in [5.74, 6) is 0. The van der Waals surface area contributed by atoms with Gasteiger partial charge < -0.3 is 5.32 Å². The molecule has 1 saturated carbocycles. The Kier molecular flexibility index (Phi) is 2.86. The van der Waals surface area contributed by atoms with Gasteiger partial charge >= 0.3 is 0 Å². The zero-order valence-corrected chi connectivity index (χ0v) is 10.7. The normalized spacial score (nSPS) is 23.9. The fourth-order valence-electron chi connectivity index (χ4n) is 2.38. The Hall–Kier alpha value is -0.410. The SMILES string of the molecule is CNC1(c2nccs2)CCC(C)(C)CC1. The standard InChI is InChI=1S/C12H20N2S/c1-11(2)4-6-12(13-3,7-5-11)10-14-8-9-15-10/h8-9,13H,4-7H2,1-3H3. The monoisotopic (exact) mass is 224 g/mol. The zero-order valence-electron chi connectivity index (χ0n) is 9.84. The van der Waals surface area contributed by atoms with E-state index in [1.165, 1.54) is 30.7 Å². The summed E-state index contributed by atoms with van der Waals surface area (Å²) in [5.41, 5.74) is 0.668. The van der Waals surface area contributed by atoms with Gasteiger partial charge in [0.05, 0.1) is 5.54 Å². The molecule has 0 atom stereocenters. The van der Waals surface area contributed by atoms with Gasteiger partial charge in [-0.3, -0.25) is 0 Å². The summed E-state index contributed by atoms with van der Waals surface area (Å²) in [6.07, 6.45) is 6.91. The summed E-state index contributed by atoms with van der Waals surface area (Å²) in [7, 11) is 2.07. The maximum atomic E-state index is 4.49. The van der Waals surface area contributed by atoms with Crippen LogP contribution in [-0.4, -0.2) is 12.0 Å². The number of hydrogen-bond donors (Lipinski definition) is 1. The van der Waals surface area contributed by atoms with Crippen LogP contribution in [0.3, 0.4) is 0 Å². The number of nitrogens with one attached hydrogen (secondary N) is 1. The topological polar surface area (TPSA) is 24.9 Å². The summed E-state index contributed by atoms with van der Waals surface area (Å²) in [6, 6.07) is 0. The van der Waals surface area contributed by atoms with Gasteiger partial charge in [-0.2, -0.15) is 0 Å². The fourth-order valence-corrected chi connectivity index (χ4v) is 3.29. The second-order valence-corrected chi connectivity index (χ2v) is 6.23. The third kappa shape index (κ3) is 2.08. The molecule has 2 nitrogen and oxygen atoms in total. The molecule has 1 heterocycles. The Balaban J connectivity index is 2.19. The van der Waals surface area contributed by atoms with Crippen LogP contribution in [0.5, 0.6) is 0 Å². The molecule has 3 heteroatoms. The molecule has 1 N–H and O–H groups in total. The lowest BCUT2D eigenvalue weighted by Gasteiger charge is -2.42. The summed E-state index contributed by atoms with van der Waals surface area (Å²) in [4.78, 5) is 4.49. The third-order valence-corrected chi connectivity index (χ3v) is 4.75. The van der Waals surface area contributed by atoms with Gasteiger partial charge in [0, 0.05) is 11.6 Å². The van der Waals surface area contributed by atoms with Crippen LogP contribution in [0.2, 0.25) is 0 Å². The predicted octanol–water partition coefficient (Wildman–Crippen LogP) is 3.16. The van der Waals surface area contributed by atoms with E-state index in [-0.39, 0.29) is 5.54 Å². The van der Waals surface area contributed by atoms with Crippen LogP contribution in [0.15, 0.2) is 11.6 Å². The molecule has 1 fully saturated rings. The lowest BCUT2D eigenvalue weighted by Crippen LogP contribution is -2.44. The van der Waals surface area contributed by atoms with Crippen molar-refractivity contribution in [2.75, 3.05) is 7.05 Å². The first kappa shape index (κ1) is 11.1. The second kappa shape index (κ2) is 3.87. The van der Waals surface area contributed by atoms with Crippen molar-refractivity contribution >= 4 is 11.3 Å². The van der Waals surface area contributed by atoms with Crippen molar-refractivity contribution in [1.82, 2.24) is 10.3 Å². The van der Waals surface area contributed by atoms with Crippen LogP contribution in [-0.2, 0) is 5.54 Å². The van der Waals surface area contributed by atoms with E-state index < -0.39 is 0 Å². The highest BCUT2D eigenvalue weighted by Gasteiger charge is 2.39.